The molecular weight excluding hydrogens is 364 g/mol. The summed E-state index contributed by atoms with van der Waals surface area (Å²) in [7, 11) is 0. The van der Waals surface area contributed by atoms with E-state index in [1.54, 1.807) is 0 Å². The second-order valence-corrected chi connectivity index (χ2v) is 8.77. The van der Waals surface area contributed by atoms with E-state index in [4.69, 9.17) is 0 Å². The van der Waals surface area contributed by atoms with Gasteiger partial charge in [-0.1, -0.05) is 25.0 Å². The highest BCUT2D eigenvalue weighted by atomic mass is 19.2. The van der Waals surface area contributed by atoms with Crippen molar-refractivity contribution >= 4 is 0 Å². The number of allylic oxidation sites excluding steroid dienone is 2. The molecule has 156 valence electrons. The van der Waals surface area contributed by atoms with E-state index < -0.39 is 17.5 Å². The Morgan fingerprint density at radius 3 is 1.96 bits per heavy atom. The van der Waals surface area contributed by atoms with Crippen LogP contribution in [0.2, 0.25) is 0 Å². The van der Waals surface area contributed by atoms with Crippen LogP contribution in [0, 0.1) is 41.1 Å². The highest BCUT2D eigenvalue weighted by Gasteiger charge is 2.30. The topological polar surface area (TPSA) is 0 Å². The molecule has 0 amide bonds. The number of hydrogen-bond donors (Lipinski definition) is 0. The molecule has 28 heavy (non-hydrogen) atoms. The number of halogens is 4. The summed E-state index contributed by atoms with van der Waals surface area (Å²) in [4.78, 5) is 0. The van der Waals surface area contributed by atoms with Crippen molar-refractivity contribution in [3.63, 3.8) is 0 Å². The van der Waals surface area contributed by atoms with Gasteiger partial charge in [-0.05, 0) is 99.2 Å². The van der Waals surface area contributed by atoms with E-state index in [0.29, 0.717) is 30.2 Å². The largest absolute Gasteiger partial charge is 0.251 e. The molecule has 0 aliphatic heterocycles. The zero-order chi connectivity index (χ0) is 19.9. The first-order valence-electron chi connectivity index (χ1n) is 10.9. The van der Waals surface area contributed by atoms with Gasteiger partial charge in [0.25, 0.3) is 0 Å². The lowest BCUT2D eigenvalue weighted by Gasteiger charge is -2.37. The molecule has 0 aromatic heterocycles. The summed E-state index contributed by atoms with van der Waals surface area (Å²) in [6.45, 7) is -0.264. The van der Waals surface area contributed by atoms with Crippen molar-refractivity contribution in [1.82, 2.24) is 0 Å². The Morgan fingerprint density at radius 2 is 1.39 bits per heavy atom. The minimum Gasteiger partial charge on any atom is -0.251 e. The maximum atomic E-state index is 13.3. The maximum absolute atomic E-state index is 13.3. The van der Waals surface area contributed by atoms with Gasteiger partial charge in [-0.3, -0.25) is 4.39 Å². The summed E-state index contributed by atoms with van der Waals surface area (Å²) >= 11 is 0. The van der Waals surface area contributed by atoms with E-state index in [1.807, 2.05) is 6.08 Å². The van der Waals surface area contributed by atoms with Crippen molar-refractivity contribution < 1.29 is 17.6 Å². The molecule has 2 fully saturated rings. The van der Waals surface area contributed by atoms with Crippen LogP contribution in [0.4, 0.5) is 17.6 Å². The SMILES string of the molecule is FCC/C=C/[C@H]1CC[C@H](C2CCC(CCc3cc(F)c(F)c(F)c3)CC2)CC1. The molecule has 2 aliphatic carbocycles. The van der Waals surface area contributed by atoms with Gasteiger partial charge in [-0.25, -0.2) is 13.2 Å². The number of rotatable bonds is 7. The van der Waals surface area contributed by atoms with E-state index in [2.05, 4.69) is 6.08 Å². The first-order valence-corrected chi connectivity index (χ1v) is 10.9. The quantitative estimate of drug-likeness (QED) is 0.253. The van der Waals surface area contributed by atoms with E-state index >= 15 is 0 Å². The lowest BCUT2D eigenvalue weighted by atomic mass is 9.68. The third-order valence-corrected chi connectivity index (χ3v) is 6.94. The third-order valence-electron chi connectivity index (χ3n) is 6.94. The van der Waals surface area contributed by atoms with Crippen LogP contribution in [0.15, 0.2) is 24.3 Å². The summed E-state index contributed by atoms with van der Waals surface area (Å²) in [5, 5.41) is 0. The van der Waals surface area contributed by atoms with Gasteiger partial charge in [0.15, 0.2) is 17.5 Å². The fourth-order valence-electron chi connectivity index (χ4n) is 5.23. The van der Waals surface area contributed by atoms with Crippen molar-refractivity contribution in [2.45, 2.75) is 70.6 Å². The van der Waals surface area contributed by atoms with Gasteiger partial charge in [-0.2, -0.15) is 0 Å². The molecule has 1 aromatic carbocycles. The second kappa shape index (κ2) is 10.5. The summed E-state index contributed by atoms with van der Waals surface area (Å²) in [5.41, 5.74) is 0.553. The predicted octanol–water partition coefficient (Wildman–Crippen LogP) is 7.57. The number of benzene rings is 1. The van der Waals surface area contributed by atoms with Crippen LogP contribution in [0.1, 0.15) is 69.8 Å². The minimum atomic E-state index is -1.38. The van der Waals surface area contributed by atoms with Crippen molar-refractivity contribution in [2.24, 2.45) is 23.7 Å². The minimum absolute atomic E-state index is 0.264. The Bertz CT molecular complexity index is 615. The molecule has 0 radical (unpaired) electrons. The van der Waals surface area contributed by atoms with Crippen LogP contribution in [-0.4, -0.2) is 6.67 Å². The van der Waals surface area contributed by atoms with Crippen molar-refractivity contribution in [1.29, 1.82) is 0 Å². The molecule has 0 unspecified atom stereocenters. The summed E-state index contributed by atoms with van der Waals surface area (Å²) in [6.07, 6.45) is 16.2. The number of hydrogen-bond acceptors (Lipinski definition) is 0. The average molecular weight is 397 g/mol. The zero-order valence-electron chi connectivity index (χ0n) is 16.6. The lowest BCUT2D eigenvalue weighted by molar-refractivity contribution is 0.152. The van der Waals surface area contributed by atoms with Crippen LogP contribution < -0.4 is 0 Å². The van der Waals surface area contributed by atoms with Gasteiger partial charge >= 0.3 is 0 Å². The summed E-state index contributed by atoms with van der Waals surface area (Å²) in [5.74, 6) is -0.678. The van der Waals surface area contributed by atoms with Gasteiger partial charge in [0.2, 0.25) is 0 Å². The van der Waals surface area contributed by atoms with Crippen LogP contribution in [0.25, 0.3) is 0 Å². The standard InChI is InChI=1S/C24H32F4/c25-14-2-1-3-17-6-10-20(11-7-17)21-12-8-18(9-13-21)4-5-19-15-22(26)24(28)23(27)16-19/h1,3,15-18,20-21H,2,4-14H2/b3-1+/t17-,18?,20-,21?. The van der Waals surface area contributed by atoms with E-state index in [1.165, 1.54) is 51.4 Å². The van der Waals surface area contributed by atoms with Gasteiger partial charge in [0.1, 0.15) is 0 Å². The van der Waals surface area contributed by atoms with Crippen LogP contribution >= 0.6 is 0 Å². The fourth-order valence-corrected chi connectivity index (χ4v) is 5.23. The Kier molecular flexibility index (Phi) is 7.99. The first-order chi connectivity index (χ1) is 13.6. The molecule has 4 heteroatoms. The monoisotopic (exact) mass is 396 g/mol. The molecule has 2 saturated carbocycles. The Labute approximate surface area is 166 Å². The van der Waals surface area contributed by atoms with E-state index in [-0.39, 0.29) is 6.67 Å². The molecular formula is C24H32F4. The molecule has 0 N–H and O–H groups in total. The molecule has 0 spiro atoms. The number of alkyl halides is 1. The van der Waals surface area contributed by atoms with Gasteiger partial charge in [-0.15, -0.1) is 0 Å². The zero-order valence-corrected chi connectivity index (χ0v) is 16.6. The lowest BCUT2D eigenvalue weighted by Crippen LogP contribution is -2.25. The first kappa shape index (κ1) is 21.4. The molecule has 0 saturated heterocycles. The van der Waals surface area contributed by atoms with E-state index in [0.717, 1.165) is 30.4 Å². The third kappa shape index (κ3) is 5.84. The summed E-state index contributed by atoms with van der Waals surface area (Å²) < 4.78 is 51.9. The van der Waals surface area contributed by atoms with Crippen LogP contribution in [-0.2, 0) is 6.42 Å². The molecule has 0 atom stereocenters. The predicted molar refractivity (Wildman–Crippen MR) is 105 cm³/mol. The molecule has 0 bridgehead atoms. The highest BCUT2D eigenvalue weighted by Crippen LogP contribution is 2.42. The van der Waals surface area contributed by atoms with Crippen molar-refractivity contribution in [2.75, 3.05) is 6.67 Å². The normalized spacial score (nSPS) is 28.7. The molecule has 0 nitrogen and oxygen atoms in total. The van der Waals surface area contributed by atoms with Crippen LogP contribution in [0.3, 0.4) is 0 Å². The fraction of sp³-hybridized carbons (Fsp3) is 0.667. The van der Waals surface area contributed by atoms with Crippen molar-refractivity contribution in [3.8, 4) is 0 Å². The van der Waals surface area contributed by atoms with Crippen LogP contribution in [0.5, 0.6) is 0 Å². The highest BCUT2D eigenvalue weighted by molar-refractivity contribution is 5.19. The maximum Gasteiger partial charge on any atom is 0.194 e. The number of aryl methyl sites for hydroxylation is 1. The molecule has 3 rings (SSSR count). The Morgan fingerprint density at radius 1 is 0.821 bits per heavy atom. The average Bonchev–Trinajstić information content (AvgIpc) is 2.71. The molecule has 2 aliphatic rings. The van der Waals surface area contributed by atoms with Gasteiger partial charge in [0.05, 0.1) is 6.67 Å². The smallest absolute Gasteiger partial charge is 0.194 e. The Balaban J connectivity index is 1.38. The summed E-state index contributed by atoms with van der Waals surface area (Å²) in [6, 6.07) is 2.26. The molecule has 0 heterocycles. The van der Waals surface area contributed by atoms with E-state index in [9.17, 15) is 17.6 Å². The van der Waals surface area contributed by atoms with Gasteiger partial charge in [0, 0.05) is 0 Å². The van der Waals surface area contributed by atoms with Gasteiger partial charge < -0.3 is 0 Å². The Hall–Kier alpha value is -1.32. The van der Waals surface area contributed by atoms with Crippen molar-refractivity contribution in [3.05, 3.63) is 47.3 Å². The molecule has 1 aromatic rings. The second-order valence-electron chi connectivity index (χ2n) is 8.77.